The van der Waals surface area contributed by atoms with Gasteiger partial charge in [0.15, 0.2) is 5.60 Å². The van der Waals surface area contributed by atoms with Gasteiger partial charge in [-0.2, -0.15) is 0 Å². The Morgan fingerprint density at radius 3 is 2.29 bits per heavy atom. The zero-order valence-corrected chi connectivity index (χ0v) is 15.1. The number of carboxylic acids is 1. The summed E-state index contributed by atoms with van der Waals surface area (Å²) in [6.07, 6.45) is 12.7. The van der Waals surface area contributed by atoms with Crippen molar-refractivity contribution < 1.29 is 14.6 Å². The van der Waals surface area contributed by atoms with Crippen molar-refractivity contribution in [2.24, 2.45) is 0 Å². The highest BCUT2D eigenvalue weighted by molar-refractivity contribution is 5.79. The Bertz CT molecular complexity index is 486. The summed E-state index contributed by atoms with van der Waals surface area (Å²) in [7, 11) is 0. The van der Waals surface area contributed by atoms with Crippen LogP contribution in [0.15, 0.2) is 24.3 Å². The van der Waals surface area contributed by atoms with E-state index in [4.69, 9.17) is 4.74 Å². The zero-order chi connectivity index (χ0) is 17.3. The van der Waals surface area contributed by atoms with E-state index < -0.39 is 11.6 Å². The standard InChI is InChI=1S/C21H32O3/c1-2-3-4-5-6-7-8-11-18-12-14-19(15-13-18)21(20(22)23)16-9-10-17-24-21/h12-15H,2-11,16-17H2,1H3,(H,22,23). The Hall–Kier alpha value is -1.35. The molecule has 1 aromatic carbocycles. The third-order valence-electron chi connectivity index (χ3n) is 5.11. The normalized spacial score (nSPS) is 20.9. The molecular formula is C21H32O3. The Morgan fingerprint density at radius 1 is 1.04 bits per heavy atom. The van der Waals surface area contributed by atoms with Gasteiger partial charge in [0, 0.05) is 6.61 Å². The van der Waals surface area contributed by atoms with Gasteiger partial charge >= 0.3 is 5.97 Å². The van der Waals surface area contributed by atoms with Gasteiger partial charge in [-0.05, 0) is 43.2 Å². The molecule has 2 rings (SSSR count). The van der Waals surface area contributed by atoms with E-state index >= 15 is 0 Å². The van der Waals surface area contributed by atoms with E-state index in [0.29, 0.717) is 13.0 Å². The number of carbonyl (C=O) groups is 1. The fourth-order valence-electron chi connectivity index (χ4n) is 3.54. The summed E-state index contributed by atoms with van der Waals surface area (Å²) >= 11 is 0. The number of benzene rings is 1. The molecule has 1 unspecified atom stereocenters. The average molecular weight is 332 g/mol. The van der Waals surface area contributed by atoms with E-state index in [0.717, 1.165) is 24.8 Å². The third kappa shape index (κ3) is 5.07. The van der Waals surface area contributed by atoms with Gasteiger partial charge in [-0.1, -0.05) is 69.7 Å². The predicted molar refractivity (Wildman–Crippen MR) is 97.3 cm³/mol. The van der Waals surface area contributed by atoms with Crippen LogP contribution in [-0.4, -0.2) is 17.7 Å². The molecule has 0 bridgehead atoms. The molecule has 1 aliphatic heterocycles. The molecule has 1 aliphatic rings. The molecule has 3 nitrogen and oxygen atoms in total. The maximum atomic E-state index is 11.8. The first-order valence-electron chi connectivity index (χ1n) is 9.66. The molecule has 0 aromatic heterocycles. The van der Waals surface area contributed by atoms with E-state index in [1.165, 1.54) is 50.5 Å². The van der Waals surface area contributed by atoms with Gasteiger partial charge in [-0.25, -0.2) is 4.79 Å². The highest BCUT2D eigenvalue weighted by Gasteiger charge is 2.42. The van der Waals surface area contributed by atoms with Crippen molar-refractivity contribution in [1.82, 2.24) is 0 Å². The van der Waals surface area contributed by atoms with Gasteiger partial charge in [0.2, 0.25) is 0 Å². The smallest absolute Gasteiger partial charge is 0.340 e. The van der Waals surface area contributed by atoms with E-state index in [2.05, 4.69) is 19.1 Å². The second kappa shape index (κ2) is 9.83. The number of hydrogen-bond donors (Lipinski definition) is 1. The summed E-state index contributed by atoms with van der Waals surface area (Å²) in [6, 6.07) is 8.07. The van der Waals surface area contributed by atoms with Crippen LogP contribution in [0.4, 0.5) is 0 Å². The molecule has 0 amide bonds. The van der Waals surface area contributed by atoms with Gasteiger partial charge in [0.05, 0.1) is 0 Å². The zero-order valence-electron chi connectivity index (χ0n) is 15.1. The molecule has 0 spiro atoms. The van der Waals surface area contributed by atoms with Crippen LogP contribution in [0.1, 0.15) is 82.3 Å². The number of aliphatic carboxylic acids is 1. The maximum Gasteiger partial charge on any atom is 0.340 e. The largest absolute Gasteiger partial charge is 0.479 e. The lowest BCUT2D eigenvalue weighted by molar-refractivity contribution is -0.174. The molecule has 1 atom stereocenters. The molecule has 24 heavy (non-hydrogen) atoms. The SMILES string of the molecule is CCCCCCCCCc1ccc(C2(C(=O)O)CCCCO2)cc1. The Labute approximate surface area is 146 Å². The topological polar surface area (TPSA) is 46.5 Å². The van der Waals surface area contributed by atoms with Gasteiger partial charge in [-0.3, -0.25) is 0 Å². The summed E-state index contributed by atoms with van der Waals surface area (Å²) in [5.41, 5.74) is 0.956. The first kappa shape index (κ1) is 19.0. The monoisotopic (exact) mass is 332 g/mol. The maximum absolute atomic E-state index is 11.8. The minimum Gasteiger partial charge on any atom is -0.479 e. The van der Waals surface area contributed by atoms with E-state index in [1.54, 1.807) is 0 Å². The summed E-state index contributed by atoms with van der Waals surface area (Å²) in [4.78, 5) is 11.8. The lowest BCUT2D eigenvalue weighted by Gasteiger charge is -2.33. The summed E-state index contributed by atoms with van der Waals surface area (Å²) in [6.45, 7) is 2.78. The second-order valence-corrected chi connectivity index (χ2v) is 7.01. The van der Waals surface area contributed by atoms with Crippen molar-refractivity contribution in [1.29, 1.82) is 0 Å². The van der Waals surface area contributed by atoms with Crippen molar-refractivity contribution in [3.8, 4) is 0 Å². The van der Waals surface area contributed by atoms with Gasteiger partial charge in [-0.15, -0.1) is 0 Å². The Kier molecular flexibility index (Phi) is 7.77. The molecule has 134 valence electrons. The molecule has 1 fully saturated rings. The highest BCUT2D eigenvalue weighted by Crippen LogP contribution is 2.35. The summed E-state index contributed by atoms with van der Waals surface area (Å²) < 4.78 is 5.70. The first-order chi connectivity index (χ1) is 11.7. The van der Waals surface area contributed by atoms with Crippen LogP contribution in [0.5, 0.6) is 0 Å². The number of rotatable bonds is 10. The highest BCUT2D eigenvalue weighted by atomic mass is 16.5. The quantitative estimate of drug-likeness (QED) is 0.579. The molecular weight excluding hydrogens is 300 g/mol. The number of hydrogen-bond acceptors (Lipinski definition) is 2. The van der Waals surface area contributed by atoms with Crippen molar-refractivity contribution in [2.45, 2.75) is 83.2 Å². The minimum atomic E-state index is -1.13. The van der Waals surface area contributed by atoms with Crippen molar-refractivity contribution in [2.75, 3.05) is 6.61 Å². The van der Waals surface area contributed by atoms with Crippen molar-refractivity contribution >= 4 is 5.97 Å². The Morgan fingerprint density at radius 2 is 1.71 bits per heavy atom. The van der Waals surface area contributed by atoms with Crippen LogP contribution in [0.25, 0.3) is 0 Å². The fourth-order valence-corrected chi connectivity index (χ4v) is 3.54. The fraction of sp³-hybridized carbons (Fsp3) is 0.667. The van der Waals surface area contributed by atoms with Crippen LogP contribution in [-0.2, 0) is 21.6 Å². The minimum absolute atomic E-state index is 0.534. The number of aryl methyl sites for hydroxylation is 1. The summed E-state index contributed by atoms with van der Waals surface area (Å²) in [5, 5.41) is 9.65. The lowest BCUT2D eigenvalue weighted by atomic mass is 9.86. The molecule has 0 saturated carbocycles. The lowest BCUT2D eigenvalue weighted by Crippen LogP contribution is -2.41. The van der Waals surface area contributed by atoms with E-state index in [1.807, 2.05) is 12.1 Å². The molecule has 1 heterocycles. The molecule has 1 N–H and O–H groups in total. The van der Waals surface area contributed by atoms with Crippen LogP contribution in [0.2, 0.25) is 0 Å². The number of ether oxygens (including phenoxy) is 1. The molecule has 1 saturated heterocycles. The van der Waals surface area contributed by atoms with Gasteiger partial charge < -0.3 is 9.84 Å². The van der Waals surface area contributed by atoms with Crippen LogP contribution >= 0.6 is 0 Å². The number of carboxylic acid groups (broad SMARTS) is 1. The second-order valence-electron chi connectivity index (χ2n) is 7.01. The summed E-state index contributed by atoms with van der Waals surface area (Å²) in [5.74, 6) is -0.859. The molecule has 3 heteroatoms. The predicted octanol–water partition coefficient (Wildman–Crippen LogP) is 5.46. The Balaban J connectivity index is 1.82. The van der Waals surface area contributed by atoms with E-state index in [-0.39, 0.29) is 0 Å². The van der Waals surface area contributed by atoms with Crippen LogP contribution < -0.4 is 0 Å². The molecule has 0 radical (unpaired) electrons. The van der Waals surface area contributed by atoms with Crippen molar-refractivity contribution in [3.63, 3.8) is 0 Å². The molecule has 0 aliphatic carbocycles. The van der Waals surface area contributed by atoms with Gasteiger partial charge in [0.1, 0.15) is 0 Å². The van der Waals surface area contributed by atoms with Gasteiger partial charge in [0.25, 0.3) is 0 Å². The first-order valence-corrected chi connectivity index (χ1v) is 9.66. The number of unbranched alkanes of at least 4 members (excludes halogenated alkanes) is 6. The molecule has 1 aromatic rings. The van der Waals surface area contributed by atoms with Crippen LogP contribution in [0.3, 0.4) is 0 Å². The van der Waals surface area contributed by atoms with E-state index in [9.17, 15) is 9.90 Å². The third-order valence-corrected chi connectivity index (χ3v) is 5.11. The van der Waals surface area contributed by atoms with Crippen LogP contribution in [0, 0.1) is 0 Å². The average Bonchev–Trinajstić information content (AvgIpc) is 2.62. The van der Waals surface area contributed by atoms with Crippen molar-refractivity contribution in [3.05, 3.63) is 35.4 Å².